The number of nitrogens with one attached hydrogen (secondary N) is 1. The lowest BCUT2D eigenvalue weighted by Crippen LogP contribution is -2.38. The van der Waals surface area contributed by atoms with Gasteiger partial charge >= 0.3 is 0 Å². The number of alkyl halides is 1. The lowest BCUT2D eigenvalue weighted by Gasteiger charge is -2.18. The molecule has 2 atom stereocenters. The highest BCUT2D eigenvalue weighted by Crippen LogP contribution is 2.31. The van der Waals surface area contributed by atoms with Gasteiger partial charge in [-0.2, -0.15) is 0 Å². The second-order valence-electron chi connectivity index (χ2n) is 4.23. The normalized spacial score (nSPS) is 33.3. The second kappa shape index (κ2) is 3.87. The van der Waals surface area contributed by atoms with Crippen molar-refractivity contribution in [2.45, 2.75) is 38.1 Å². The van der Waals surface area contributed by atoms with Crippen LogP contribution < -0.4 is 5.32 Å². The van der Waals surface area contributed by atoms with Crippen molar-refractivity contribution >= 4 is 17.5 Å². The smallest absolute Gasteiger partial charge is 0.223 e. The molecule has 2 aliphatic carbocycles. The number of hydrogen-bond acceptors (Lipinski definition) is 1. The molecule has 2 fully saturated rings. The number of carbonyl (C=O) groups is 1. The molecule has 1 amide bonds. The molecule has 13 heavy (non-hydrogen) atoms. The Morgan fingerprint density at radius 2 is 2.08 bits per heavy atom. The molecular formula is C10H16ClNO. The third kappa shape index (κ3) is 2.16. The Bertz CT molecular complexity index is 203. The molecule has 3 heteroatoms. The van der Waals surface area contributed by atoms with Gasteiger partial charge in [0.2, 0.25) is 5.91 Å². The lowest BCUT2D eigenvalue weighted by atomic mass is 10.1. The van der Waals surface area contributed by atoms with Crippen molar-refractivity contribution in [1.29, 1.82) is 0 Å². The third-order valence-corrected chi connectivity index (χ3v) is 3.53. The average Bonchev–Trinajstić information content (AvgIpc) is 2.88. The van der Waals surface area contributed by atoms with E-state index in [0.29, 0.717) is 23.8 Å². The Morgan fingerprint density at radius 3 is 2.69 bits per heavy atom. The molecule has 0 aliphatic heterocycles. The molecule has 0 radical (unpaired) electrons. The molecule has 0 aromatic carbocycles. The lowest BCUT2D eigenvalue weighted by molar-refractivity contribution is -0.123. The van der Waals surface area contributed by atoms with Crippen LogP contribution in [0.3, 0.4) is 0 Å². The average molecular weight is 202 g/mol. The number of halogens is 1. The van der Waals surface area contributed by atoms with Gasteiger partial charge in [0.15, 0.2) is 0 Å². The predicted molar refractivity (Wildman–Crippen MR) is 52.7 cm³/mol. The second-order valence-corrected chi connectivity index (χ2v) is 4.54. The zero-order valence-corrected chi connectivity index (χ0v) is 8.52. The molecule has 74 valence electrons. The Morgan fingerprint density at radius 1 is 1.31 bits per heavy atom. The highest BCUT2D eigenvalue weighted by Gasteiger charge is 2.34. The van der Waals surface area contributed by atoms with Gasteiger partial charge in [-0.3, -0.25) is 4.79 Å². The van der Waals surface area contributed by atoms with E-state index < -0.39 is 0 Å². The van der Waals surface area contributed by atoms with Crippen molar-refractivity contribution in [1.82, 2.24) is 5.32 Å². The SMILES string of the molecule is O=C(NC1CCCC1CCl)C1CC1. The van der Waals surface area contributed by atoms with Crippen LogP contribution in [0.5, 0.6) is 0 Å². The molecule has 2 unspecified atom stereocenters. The monoisotopic (exact) mass is 201 g/mol. The molecule has 0 aromatic heterocycles. The minimum atomic E-state index is 0.266. The van der Waals surface area contributed by atoms with Crippen molar-refractivity contribution in [2.24, 2.45) is 11.8 Å². The van der Waals surface area contributed by atoms with E-state index in [1.165, 1.54) is 12.8 Å². The molecule has 0 aromatic rings. The standard InChI is InChI=1S/C10H16ClNO/c11-6-8-2-1-3-9(8)12-10(13)7-4-5-7/h7-9H,1-6H2,(H,12,13). The summed E-state index contributed by atoms with van der Waals surface area (Å²) in [5, 5.41) is 3.12. The van der Waals surface area contributed by atoms with E-state index in [-0.39, 0.29) is 5.91 Å². The minimum absolute atomic E-state index is 0.266. The zero-order chi connectivity index (χ0) is 9.26. The van der Waals surface area contributed by atoms with E-state index in [1.54, 1.807) is 0 Å². The van der Waals surface area contributed by atoms with Crippen LogP contribution in [0.25, 0.3) is 0 Å². The molecule has 0 bridgehead atoms. The Hall–Kier alpha value is -0.240. The minimum Gasteiger partial charge on any atom is -0.353 e. The van der Waals surface area contributed by atoms with E-state index in [0.717, 1.165) is 19.3 Å². The van der Waals surface area contributed by atoms with E-state index in [1.807, 2.05) is 0 Å². The molecule has 0 spiro atoms. The number of amides is 1. The summed E-state index contributed by atoms with van der Waals surface area (Å²) in [6.07, 6.45) is 5.69. The Balaban J connectivity index is 1.82. The fourth-order valence-corrected chi connectivity index (χ4v) is 2.43. The van der Waals surface area contributed by atoms with Crippen LogP contribution in [-0.4, -0.2) is 17.8 Å². The fourth-order valence-electron chi connectivity index (χ4n) is 2.06. The van der Waals surface area contributed by atoms with Crippen LogP contribution in [0.1, 0.15) is 32.1 Å². The van der Waals surface area contributed by atoms with Crippen LogP contribution in [-0.2, 0) is 4.79 Å². The molecule has 0 saturated heterocycles. The van der Waals surface area contributed by atoms with Crippen molar-refractivity contribution in [2.75, 3.05) is 5.88 Å². The molecule has 2 nitrogen and oxygen atoms in total. The van der Waals surface area contributed by atoms with Crippen LogP contribution >= 0.6 is 11.6 Å². The van der Waals surface area contributed by atoms with Gasteiger partial charge in [0.05, 0.1) is 0 Å². The number of hydrogen-bond donors (Lipinski definition) is 1. The van der Waals surface area contributed by atoms with E-state index >= 15 is 0 Å². The fraction of sp³-hybridized carbons (Fsp3) is 0.900. The summed E-state index contributed by atoms with van der Waals surface area (Å²) in [6.45, 7) is 0. The van der Waals surface area contributed by atoms with Gasteiger partial charge in [0.25, 0.3) is 0 Å². The Kier molecular flexibility index (Phi) is 2.77. The third-order valence-electron chi connectivity index (χ3n) is 3.13. The van der Waals surface area contributed by atoms with E-state index in [4.69, 9.17) is 11.6 Å². The van der Waals surface area contributed by atoms with Crippen molar-refractivity contribution in [3.05, 3.63) is 0 Å². The molecule has 0 heterocycles. The van der Waals surface area contributed by atoms with Gasteiger partial charge < -0.3 is 5.32 Å². The maximum atomic E-state index is 11.5. The summed E-state index contributed by atoms with van der Waals surface area (Å²) in [6, 6.07) is 0.366. The topological polar surface area (TPSA) is 29.1 Å². The van der Waals surface area contributed by atoms with Gasteiger partial charge in [0, 0.05) is 17.8 Å². The van der Waals surface area contributed by atoms with Crippen LogP contribution in [0, 0.1) is 11.8 Å². The van der Waals surface area contributed by atoms with Crippen LogP contribution in [0.4, 0.5) is 0 Å². The van der Waals surface area contributed by atoms with Gasteiger partial charge in [-0.1, -0.05) is 6.42 Å². The summed E-state index contributed by atoms with van der Waals surface area (Å²) in [5.41, 5.74) is 0. The summed E-state index contributed by atoms with van der Waals surface area (Å²) in [7, 11) is 0. The summed E-state index contributed by atoms with van der Waals surface area (Å²) < 4.78 is 0. The molecule has 2 rings (SSSR count). The highest BCUT2D eigenvalue weighted by atomic mass is 35.5. The maximum absolute atomic E-state index is 11.5. The Labute approximate surface area is 84.0 Å². The number of rotatable bonds is 3. The van der Waals surface area contributed by atoms with Gasteiger partial charge in [-0.25, -0.2) is 0 Å². The maximum Gasteiger partial charge on any atom is 0.223 e. The quantitative estimate of drug-likeness (QED) is 0.695. The first-order valence-electron chi connectivity index (χ1n) is 5.17. The van der Waals surface area contributed by atoms with Crippen LogP contribution in [0.2, 0.25) is 0 Å². The summed E-state index contributed by atoms with van der Waals surface area (Å²) >= 11 is 5.83. The van der Waals surface area contributed by atoms with Gasteiger partial charge in [-0.15, -0.1) is 11.6 Å². The van der Waals surface area contributed by atoms with Crippen molar-refractivity contribution in [3.8, 4) is 0 Å². The largest absolute Gasteiger partial charge is 0.353 e. The highest BCUT2D eigenvalue weighted by molar-refractivity contribution is 6.18. The predicted octanol–water partition coefficient (Wildman–Crippen LogP) is 1.92. The van der Waals surface area contributed by atoms with E-state index in [2.05, 4.69) is 5.32 Å². The van der Waals surface area contributed by atoms with Gasteiger partial charge in [-0.05, 0) is 31.6 Å². The summed E-state index contributed by atoms with van der Waals surface area (Å²) in [5.74, 6) is 1.80. The molecule has 2 saturated carbocycles. The first kappa shape index (κ1) is 9.32. The zero-order valence-electron chi connectivity index (χ0n) is 7.76. The molecule has 2 aliphatic rings. The van der Waals surface area contributed by atoms with Gasteiger partial charge in [0.1, 0.15) is 0 Å². The van der Waals surface area contributed by atoms with E-state index in [9.17, 15) is 4.79 Å². The summed E-state index contributed by atoms with van der Waals surface area (Å²) in [4.78, 5) is 11.5. The van der Waals surface area contributed by atoms with Crippen molar-refractivity contribution in [3.63, 3.8) is 0 Å². The first-order valence-corrected chi connectivity index (χ1v) is 5.71. The number of carbonyl (C=O) groups excluding carboxylic acids is 1. The van der Waals surface area contributed by atoms with Crippen LogP contribution in [0.15, 0.2) is 0 Å². The molecule has 1 N–H and O–H groups in total. The molecular weight excluding hydrogens is 186 g/mol. The van der Waals surface area contributed by atoms with Crippen molar-refractivity contribution < 1.29 is 4.79 Å². The first-order chi connectivity index (χ1) is 6.31.